The van der Waals surface area contributed by atoms with Gasteiger partial charge < -0.3 is 26.1 Å². The number of aryl methyl sites for hydroxylation is 1. The second kappa shape index (κ2) is 13.4. The van der Waals surface area contributed by atoms with Crippen molar-refractivity contribution < 1.29 is 13.9 Å². The van der Waals surface area contributed by atoms with Gasteiger partial charge in [-0.2, -0.15) is 5.10 Å². The van der Waals surface area contributed by atoms with Crippen molar-refractivity contribution in [2.45, 2.75) is 33.1 Å². The Kier molecular flexibility index (Phi) is 8.93. The minimum absolute atomic E-state index is 0.0149. The van der Waals surface area contributed by atoms with Crippen molar-refractivity contribution in [3.05, 3.63) is 82.4 Å². The molecule has 1 aliphatic rings. The first-order valence-electron chi connectivity index (χ1n) is 15.3. The van der Waals surface area contributed by atoms with Crippen molar-refractivity contribution in [3.8, 4) is 28.5 Å². The number of pyridine rings is 1. The van der Waals surface area contributed by atoms with Crippen LogP contribution in [0.1, 0.15) is 37.3 Å². The van der Waals surface area contributed by atoms with E-state index < -0.39 is 5.82 Å². The Morgan fingerprint density at radius 2 is 1.98 bits per heavy atom. The van der Waals surface area contributed by atoms with Crippen molar-refractivity contribution in [1.29, 1.82) is 0 Å². The van der Waals surface area contributed by atoms with E-state index in [-0.39, 0.29) is 5.91 Å². The molecule has 0 radical (unpaired) electrons. The molecule has 0 atom stereocenters. The molecular formula is C35H37FN8O2. The van der Waals surface area contributed by atoms with Gasteiger partial charge in [0.1, 0.15) is 22.8 Å². The minimum Gasteiger partial charge on any atom is -0.497 e. The molecular weight excluding hydrogens is 583 g/mol. The molecule has 46 heavy (non-hydrogen) atoms. The molecule has 236 valence electrons. The maximum Gasteiger partial charge on any atom is 0.224 e. The standard InChI is InChI=1S/C35H37FN8O2/c1-4-29-28(17-24(19-37)22-11-20(2)12-26(15-22)40-31(45)13-21-5-8-38-9-6-21)33(44-43-29)35-41-30-7-10-39-32(34(30)42-35)23-14-25(36)18-27(16-23)46-3/h4,7,10-12,14-19,21,38,43H,5-6,8-9,13,37H2,1-3H3,(H,40,45)(H,41,42)/b24-19+,28-17+,29-4-. The summed E-state index contributed by atoms with van der Waals surface area (Å²) in [4.78, 5) is 25.6. The smallest absolute Gasteiger partial charge is 0.224 e. The zero-order chi connectivity index (χ0) is 32.2. The summed E-state index contributed by atoms with van der Waals surface area (Å²) in [7, 11) is 1.49. The van der Waals surface area contributed by atoms with Crippen LogP contribution >= 0.6 is 0 Å². The first kappa shape index (κ1) is 30.7. The normalized spacial score (nSPS) is 15.1. The lowest BCUT2D eigenvalue weighted by Crippen LogP contribution is -2.30. The second-order valence-electron chi connectivity index (χ2n) is 11.5. The number of benzene rings is 2. The molecule has 6 N–H and O–H groups in total. The van der Waals surface area contributed by atoms with Crippen molar-refractivity contribution in [1.82, 2.24) is 30.5 Å². The lowest BCUT2D eigenvalue weighted by Gasteiger charge is -2.22. The van der Waals surface area contributed by atoms with Gasteiger partial charge in [0.2, 0.25) is 5.91 Å². The Balaban J connectivity index is 1.36. The highest BCUT2D eigenvalue weighted by molar-refractivity contribution is 5.95. The fraction of sp³-hybridized carbons (Fsp3) is 0.257. The third kappa shape index (κ3) is 6.54. The number of carbonyl (C=O) groups is 1. The summed E-state index contributed by atoms with van der Waals surface area (Å²) in [5, 5.41) is 15.7. The van der Waals surface area contributed by atoms with Crippen LogP contribution in [0.4, 0.5) is 10.1 Å². The fourth-order valence-electron chi connectivity index (χ4n) is 5.95. The topological polar surface area (TPSA) is 147 Å². The number of nitrogens with one attached hydrogen (secondary N) is 4. The van der Waals surface area contributed by atoms with Gasteiger partial charge in [0.15, 0.2) is 5.82 Å². The van der Waals surface area contributed by atoms with E-state index >= 15 is 0 Å². The van der Waals surface area contributed by atoms with Crippen LogP contribution in [-0.4, -0.2) is 51.3 Å². The van der Waals surface area contributed by atoms with Crippen molar-refractivity contribution in [3.63, 3.8) is 0 Å². The van der Waals surface area contributed by atoms with E-state index in [4.69, 9.17) is 15.5 Å². The number of allylic oxidation sites excluding steroid dienone is 1. The lowest BCUT2D eigenvalue weighted by molar-refractivity contribution is -0.117. The largest absolute Gasteiger partial charge is 0.497 e. The van der Waals surface area contributed by atoms with E-state index in [1.807, 2.05) is 50.3 Å². The molecule has 1 saturated heterocycles. The predicted molar refractivity (Wildman–Crippen MR) is 179 cm³/mol. The summed E-state index contributed by atoms with van der Waals surface area (Å²) in [6.45, 7) is 5.81. The number of fused-ring (bicyclic) bond motifs is 1. The van der Waals surface area contributed by atoms with Crippen LogP contribution in [0.5, 0.6) is 5.75 Å². The molecule has 5 aromatic rings. The molecule has 1 aliphatic heterocycles. The highest BCUT2D eigenvalue weighted by Crippen LogP contribution is 2.30. The highest BCUT2D eigenvalue weighted by Gasteiger charge is 2.18. The Hall–Kier alpha value is -5.29. The number of halogens is 1. The maximum atomic E-state index is 14.4. The monoisotopic (exact) mass is 620 g/mol. The Morgan fingerprint density at radius 3 is 2.74 bits per heavy atom. The fourth-order valence-corrected chi connectivity index (χ4v) is 5.95. The van der Waals surface area contributed by atoms with E-state index in [0.29, 0.717) is 46.4 Å². The summed E-state index contributed by atoms with van der Waals surface area (Å²) < 4.78 is 19.6. The van der Waals surface area contributed by atoms with Gasteiger partial charge in [0.25, 0.3) is 0 Å². The van der Waals surface area contributed by atoms with Crippen LogP contribution in [0, 0.1) is 18.7 Å². The quantitative estimate of drug-likeness (QED) is 0.173. The average molecular weight is 621 g/mol. The predicted octanol–water partition coefficient (Wildman–Crippen LogP) is 4.38. The number of anilines is 1. The number of aromatic nitrogens is 5. The van der Waals surface area contributed by atoms with Crippen LogP contribution in [0.25, 0.3) is 51.5 Å². The van der Waals surface area contributed by atoms with Gasteiger partial charge in [-0.3, -0.25) is 14.9 Å². The van der Waals surface area contributed by atoms with E-state index in [2.05, 4.69) is 30.8 Å². The number of ether oxygens (including phenoxy) is 1. The number of nitrogens with two attached hydrogens (primary N) is 1. The first-order chi connectivity index (χ1) is 22.3. The number of H-pyrrole nitrogens is 2. The molecule has 6 rings (SSSR count). The van der Waals surface area contributed by atoms with Gasteiger partial charge in [-0.25, -0.2) is 9.37 Å². The van der Waals surface area contributed by atoms with Gasteiger partial charge in [-0.15, -0.1) is 0 Å². The number of rotatable bonds is 8. The maximum absolute atomic E-state index is 14.4. The van der Waals surface area contributed by atoms with Gasteiger partial charge in [-0.1, -0.05) is 12.1 Å². The second-order valence-corrected chi connectivity index (χ2v) is 11.5. The number of carbonyl (C=O) groups excluding carboxylic acids is 1. The number of methoxy groups -OCH3 is 1. The molecule has 4 heterocycles. The van der Waals surface area contributed by atoms with E-state index in [9.17, 15) is 9.18 Å². The van der Waals surface area contributed by atoms with Crippen LogP contribution in [0.3, 0.4) is 0 Å². The molecule has 11 heteroatoms. The summed E-state index contributed by atoms with van der Waals surface area (Å²) in [5.74, 6) is 0.871. The molecule has 1 fully saturated rings. The molecule has 0 unspecified atom stereocenters. The van der Waals surface area contributed by atoms with Crippen LogP contribution in [0.2, 0.25) is 0 Å². The van der Waals surface area contributed by atoms with Gasteiger partial charge in [-0.05, 0) is 98.8 Å². The Bertz CT molecular complexity index is 2060. The Morgan fingerprint density at radius 1 is 1.15 bits per heavy atom. The average Bonchev–Trinajstić information content (AvgIpc) is 3.67. The molecule has 0 spiro atoms. The molecule has 10 nitrogen and oxygen atoms in total. The zero-order valence-electron chi connectivity index (χ0n) is 26.1. The number of imidazole rings is 1. The third-order valence-corrected chi connectivity index (χ3v) is 8.23. The highest BCUT2D eigenvalue weighted by atomic mass is 19.1. The van der Waals surface area contributed by atoms with E-state index in [0.717, 1.165) is 64.4 Å². The molecule has 3 aromatic heterocycles. The number of hydrogen-bond donors (Lipinski definition) is 5. The van der Waals surface area contributed by atoms with E-state index in [1.54, 1.807) is 18.5 Å². The lowest BCUT2D eigenvalue weighted by atomic mass is 9.94. The number of hydrogen-bond acceptors (Lipinski definition) is 7. The first-order valence-corrected chi connectivity index (χ1v) is 15.3. The van der Waals surface area contributed by atoms with Gasteiger partial charge in [0.05, 0.1) is 23.7 Å². The van der Waals surface area contributed by atoms with Crippen molar-refractivity contribution in [2.75, 3.05) is 25.5 Å². The SMILES string of the molecule is C\C=c1/[nH]nc(-c2nc3c(-c4cc(F)cc(OC)c4)nccc3[nH]2)/c1=C/C(=C\N)c1cc(C)cc(NC(=O)CC2CCNCC2)c1. The summed E-state index contributed by atoms with van der Waals surface area (Å²) in [5.41, 5.74) is 12.4. The number of amides is 1. The number of aromatic amines is 2. The molecule has 0 bridgehead atoms. The minimum atomic E-state index is -0.432. The molecule has 0 saturated carbocycles. The summed E-state index contributed by atoms with van der Waals surface area (Å²) in [6.07, 6.45) is 9.59. The molecule has 1 amide bonds. The number of nitrogens with zero attached hydrogens (tertiary/aromatic N) is 3. The van der Waals surface area contributed by atoms with Gasteiger partial charge in [0, 0.05) is 41.4 Å². The number of piperidine rings is 1. The van der Waals surface area contributed by atoms with Crippen molar-refractivity contribution >= 4 is 40.4 Å². The van der Waals surface area contributed by atoms with E-state index in [1.165, 1.54) is 19.2 Å². The summed E-state index contributed by atoms with van der Waals surface area (Å²) >= 11 is 0. The zero-order valence-corrected chi connectivity index (χ0v) is 26.1. The van der Waals surface area contributed by atoms with Crippen LogP contribution in [0.15, 0.2) is 54.9 Å². The van der Waals surface area contributed by atoms with Crippen molar-refractivity contribution in [2.24, 2.45) is 11.7 Å². The van der Waals surface area contributed by atoms with Crippen LogP contribution < -0.4 is 31.7 Å². The van der Waals surface area contributed by atoms with Crippen LogP contribution in [-0.2, 0) is 4.79 Å². The molecule has 0 aliphatic carbocycles. The third-order valence-electron chi connectivity index (χ3n) is 8.23. The summed E-state index contributed by atoms with van der Waals surface area (Å²) in [6, 6.07) is 12.2. The molecule has 2 aromatic carbocycles. The van der Waals surface area contributed by atoms with Gasteiger partial charge >= 0.3 is 0 Å². The Labute approximate surface area is 265 Å².